The first-order valence-corrected chi connectivity index (χ1v) is 7.34. The second kappa shape index (κ2) is 7.27. The second-order valence-electron chi connectivity index (χ2n) is 5.04. The Morgan fingerprint density at radius 3 is 2.45 bits per heavy atom. The Kier molecular flexibility index (Phi) is 4.67. The van der Waals surface area contributed by atoms with Crippen LogP contribution in [0.3, 0.4) is 0 Å². The number of benzene rings is 1. The van der Waals surface area contributed by atoms with Crippen molar-refractivity contribution in [3.05, 3.63) is 78.2 Å². The van der Waals surface area contributed by atoms with Gasteiger partial charge in [0.25, 0.3) is 0 Å². The van der Waals surface area contributed by atoms with E-state index in [-0.39, 0.29) is 0 Å². The number of pyridine rings is 1. The van der Waals surface area contributed by atoms with E-state index in [2.05, 4.69) is 33.2 Å². The van der Waals surface area contributed by atoms with Gasteiger partial charge in [-0.05, 0) is 30.0 Å². The van der Waals surface area contributed by atoms with Crippen LogP contribution in [-0.4, -0.2) is 17.4 Å². The van der Waals surface area contributed by atoms with Gasteiger partial charge in [0, 0.05) is 12.4 Å². The summed E-state index contributed by atoms with van der Waals surface area (Å²) in [5.41, 5.74) is 3.92. The van der Waals surface area contributed by atoms with Crippen molar-refractivity contribution in [1.29, 1.82) is 0 Å². The zero-order valence-corrected chi connectivity index (χ0v) is 12.3. The summed E-state index contributed by atoms with van der Waals surface area (Å²) in [7, 11) is 0. The van der Waals surface area contributed by atoms with Crippen molar-refractivity contribution in [2.24, 2.45) is 9.98 Å². The molecule has 0 atom stereocenters. The normalized spacial score (nSPS) is 14.6. The molecule has 1 aromatic heterocycles. The zero-order chi connectivity index (χ0) is 15.0. The molecule has 3 heteroatoms. The third kappa shape index (κ3) is 4.09. The summed E-state index contributed by atoms with van der Waals surface area (Å²) in [5.74, 6) is 0. The maximum Gasteiger partial charge on any atom is 0.0834 e. The Morgan fingerprint density at radius 2 is 1.73 bits per heavy atom. The molecule has 0 fully saturated rings. The molecule has 2 aromatic rings. The molecule has 0 aliphatic heterocycles. The molecule has 0 radical (unpaired) electrons. The quantitative estimate of drug-likeness (QED) is 0.743. The Morgan fingerprint density at radius 1 is 0.955 bits per heavy atom. The van der Waals surface area contributed by atoms with Crippen molar-refractivity contribution in [2.45, 2.75) is 12.8 Å². The number of nitrogens with zero attached hydrogens (tertiary/aromatic N) is 3. The van der Waals surface area contributed by atoms with Crippen LogP contribution in [0.4, 0.5) is 11.4 Å². The lowest BCUT2D eigenvalue weighted by molar-refractivity contribution is 1.01. The minimum Gasteiger partial charge on any atom is -0.260 e. The standard InChI is InChI=1S/C19H17N3/c1-3-7-16(8-4-1)12-21-18-11-19(15-20-14-18)22-13-17-9-5-2-6-10-17/h1-5,7-9,11-15H,6,10H2. The molecule has 0 N–H and O–H groups in total. The van der Waals surface area contributed by atoms with Gasteiger partial charge in [0.1, 0.15) is 0 Å². The summed E-state index contributed by atoms with van der Waals surface area (Å²) in [6, 6.07) is 11.9. The van der Waals surface area contributed by atoms with E-state index >= 15 is 0 Å². The molecule has 3 nitrogen and oxygen atoms in total. The van der Waals surface area contributed by atoms with E-state index in [1.54, 1.807) is 12.4 Å². The van der Waals surface area contributed by atoms with Gasteiger partial charge in [0.15, 0.2) is 0 Å². The Bertz CT molecular complexity index is 740. The van der Waals surface area contributed by atoms with E-state index in [1.807, 2.05) is 48.8 Å². The number of rotatable bonds is 4. The van der Waals surface area contributed by atoms with Crippen molar-refractivity contribution >= 4 is 23.8 Å². The van der Waals surface area contributed by atoms with Crippen LogP contribution < -0.4 is 0 Å². The number of hydrogen-bond donors (Lipinski definition) is 0. The molecule has 0 amide bonds. The lowest BCUT2D eigenvalue weighted by Gasteiger charge is -2.02. The van der Waals surface area contributed by atoms with Gasteiger partial charge in [-0.3, -0.25) is 15.0 Å². The van der Waals surface area contributed by atoms with E-state index in [4.69, 9.17) is 0 Å². The number of aliphatic imine (C=N–C) groups is 2. The van der Waals surface area contributed by atoms with Gasteiger partial charge in [-0.15, -0.1) is 0 Å². The molecule has 1 aliphatic rings. The summed E-state index contributed by atoms with van der Waals surface area (Å²) in [5, 5.41) is 0. The van der Waals surface area contributed by atoms with Gasteiger partial charge in [-0.25, -0.2) is 0 Å². The van der Waals surface area contributed by atoms with Crippen LogP contribution in [0, 0.1) is 0 Å². The highest BCUT2D eigenvalue weighted by molar-refractivity contribution is 5.83. The van der Waals surface area contributed by atoms with E-state index in [0.29, 0.717) is 0 Å². The molecule has 0 spiro atoms. The first-order valence-electron chi connectivity index (χ1n) is 7.34. The summed E-state index contributed by atoms with van der Waals surface area (Å²) >= 11 is 0. The molecular formula is C19H17N3. The van der Waals surface area contributed by atoms with Crippen LogP contribution in [-0.2, 0) is 0 Å². The van der Waals surface area contributed by atoms with Gasteiger partial charge in [-0.1, -0.05) is 48.6 Å². The van der Waals surface area contributed by atoms with Crippen LogP contribution in [0.15, 0.2) is 82.6 Å². The molecular weight excluding hydrogens is 270 g/mol. The van der Waals surface area contributed by atoms with Crippen LogP contribution >= 0.6 is 0 Å². The highest BCUT2D eigenvalue weighted by Crippen LogP contribution is 2.19. The minimum atomic E-state index is 0.802. The van der Waals surface area contributed by atoms with E-state index in [9.17, 15) is 0 Å². The number of hydrogen-bond acceptors (Lipinski definition) is 3. The SMILES string of the molecule is C1=CCCC(C=Nc2cncc(N=Cc3ccccc3)c2)=C1. The van der Waals surface area contributed by atoms with Crippen LogP contribution in [0.5, 0.6) is 0 Å². The second-order valence-corrected chi connectivity index (χ2v) is 5.04. The topological polar surface area (TPSA) is 37.6 Å². The van der Waals surface area contributed by atoms with Gasteiger partial charge in [0.2, 0.25) is 0 Å². The fourth-order valence-corrected chi connectivity index (χ4v) is 2.13. The van der Waals surface area contributed by atoms with Crippen molar-refractivity contribution in [1.82, 2.24) is 4.98 Å². The molecule has 0 saturated carbocycles. The fourth-order valence-electron chi connectivity index (χ4n) is 2.13. The van der Waals surface area contributed by atoms with Crippen LogP contribution in [0.25, 0.3) is 0 Å². The van der Waals surface area contributed by atoms with E-state index < -0.39 is 0 Å². The largest absolute Gasteiger partial charge is 0.260 e. The Labute approximate surface area is 130 Å². The molecule has 22 heavy (non-hydrogen) atoms. The molecule has 1 aliphatic carbocycles. The molecule has 0 unspecified atom stereocenters. The monoisotopic (exact) mass is 287 g/mol. The van der Waals surface area contributed by atoms with Gasteiger partial charge in [-0.2, -0.15) is 0 Å². The van der Waals surface area contributed by atoms with E-state index in [0.717, 1.165) is 29.8 Å². The zero-order valence-electron chi connectivity index (χ0n) is 12.3. The average Bonchev–Trinajstić information content (AvgIpc) is 2.60. The maximum absolute atomic E-state index is 4.48. The fraction of sp³-hybridized carbons (Fsp3) is 0.105. The summed E-state index contributed by atoms with van der Waals surface area (Å²) in [6.07, 6.45) is 15.7. The van der Waals surface area contributed by atoms with Gasteiger partial charge >= 0.3 is 0 Å². The third-order valence-corrected chi connectivity index (χ3v) is 3.30. The van der Waals surface area contributed by atoms with Crippen molar-refractivity contribution in [3.8, 4) is 0 Å². The summed E-state index contributed by atoms with van der Waals surface area (Å²) in [6.45, 7) is 0. The van der Waals surface area contributed by atoms with Crippen molar-refractivity contribution in [2.75, 3.05) is 0 Å². The lowest BCUT2D eigenvalue weighted by Crippen LogP contribution is -1.87. The number of aromatic nitrogens is 1. The summed E-state index contributed by atoms with van der Waals surface area (Å²) < 4.78 is 0. The molecule has 0 bridgehead atoms. The molecule has 108 valence electrons. The Balaban J connectivity index is 1.72. The molecule has 1 heterocycles. The first-order chi connectivity index (χ1) is 10.9. The maximum atomic E-state index is 4.48. The van der Waals surface area contributed by atoms with E-state index in [1.165, 1.54) is 5.57 Å². The van der Waals surface area contributed by atoms with Crippen LogP contribution in [0.1, 0.15) is 18.4 Å². The van der Waals surface area contributed by atoms with Crippen molar-refractivity contribution in [3.63, 3.8) is 0 Å². The van der Waals surface area contributed by atoms with Crippen LogP contribution in [0.2, 0.25) is 0 Å². The smallest absolute Gasteiger partial charge is 0.0834 e. The molecule has 3 rings (SSSR count). The minimum absolute atomic E-state index is 0.802. The van der Waals surface area contributed by atoms with Gasteiger partial charge < -0.3 is 0 Å². The number of allylic oxidation sites excluding steroid dienone is 4. The highest BCUT2D eigenvalue weighted by Gasteiger charge is 1.97. The summed E-state index contributed by atoms with van der Waals surface area (Å²) in [4.78, 5) is 13.1. The molecule has 1 aromatic carbocycles. The highest BCUT2D eigenvalue weighted by atomic mass is 14.8. The first kappa shape index (κ1) is 14.1. The molecule has 0 saturated heterocycles. The predicted octanol–water partition coefficient (Wildman–Crippen LogP) is 4.81. The Hall–Kier alpha value is -2.81. The lowest BCUT2D eigenvalue weighted by atomic mass is 10.1. The van der Waals surface area contributed by atoms with Gasteiger partial charge in [0.05, 0.1) is 23.8 Å². The van der Waals surface area contributed by atoms with Crippen molar-refractivity contribution < 1.29 is 0 Å². The predicted molar refractivity (Wildman–Crippen MR) is 92.5 cm³/mol. The third-order valence-electron chi connectivity index (χ3n) is 3.30. The average molecular weight is 287 g/mol.